The van der Waals surface area contributed by atoms with E-state index in [0.717, 1.165) is 12.3 Å². The first-order valence-electron chi connectivity index (χ1n) is 10.5. The molecule has 0 atom stereocenters. The minimum atomic E-state index is 0.575. The Hall–Kier alpha value is -3.26. The molecule has 0 amide bonds. The van der Waals surface area contributed by atoms with Crippen LogP contribution < -0.4 is 4.74 Å². The van der Waals surface area contributed by atoms with E-state index in [0.29, 0.717) is 6.61 Å². The van der Waals surface area contributed by atoms with E-state index in [4.69, 9.17) is 4.74 Å². The second kappa shape index (κ2) is 7.63. The summed E-state index contributed by atoms with van der Waals surface area (Å²) in [7, 11) is 0. The SMILES string of the molecule is CCCCn1c2ccccc2c2c3ccccc3c(OCc3ccccc3)cc21. The van der Waals surface area contributed by atoms with Crippen LogP contribution in [0.5, 0.6) is 5.75 Å². The van der Waals surface area contributed by atoms with E-state index < -0.39 is 0 Å². The molecule has 0 aliphatic rings. The Bertz CT molecular complexity index is 1280. The van der Waals surface area contributed by atoms with Crippen LogP contribution in [-0.2, 0) is 13.2 Å². The zero-order valence-electron chi connectivity index (χ0n) is 16.8. The Labute approximate surface area is 171 Å². The number of hydrogen-bond acceptors (Lipinski definition) is 1. The van der Waals surface area contributed by atoms with Gasteiger partial charge in [-0.3, -0.25) is 0 Å². The molecule has 144 valence electrons. The van der Waals surface area contributed by atoms with Gasteiger partial charge in [0, 0.05) is 34.3 Å². The van der Waals surface area contributed by atoms with Crippen LogP contribution in [0.25, 0.3) is 32.6 Å². The Morgan fingerprint density at radius 2 is 1.41 bits per heavy atom. The first kappa shape index (κ1) is 17.8. The molecule has 29 heavy (non-hydrogen) atoms. The molecule has 4 aromatic carbocycles. The van der Waals surface area contributed by atoms with Crippen molar-refractivity contribution in [1.82, 2.24) is 4.57 Å². The van der Waals surface area contributed by atoms with E-state index >= 15 is 0 Å². The van der Waals surface area contributed by atoms with Gasteiger partial charge in [-0.25, -0.2) is 0 Å². The number of para-hydroxylation sites is 1. The van der Waals surface area contributed by atoms with Crippen LogP contribution in [-0.4, -0.2) is 4.57 Å². The maximum Gasteiger partial charge on any atom is 0.129 e. The molecule has 0 aliphatic carbocycles. The van der Waals surface area contributed by atoms with Crippen LogP contribution in [0.2, 0.25) is 0 Å². The van der Waals surface area contributed by atoms with Gasteiger partial charge >= 0.3 is 0 Å². The quantitative estimate of drug-likeness (QED) is 0.301. The molecule has 0 aliphatic heterocycles. The van der Waals surface area contributed by atoms with Gasteiger partial charge in [-0.2, -0.15) is 0 Å². The van der Waals surface area contributed by atoms with Crippen molar-refractivity contribution in [3.63, 3.8) is 0 Å². The van der Waals surface area contributed by atoms with E-state index in [-0.39, 0.29) is 0 Å². The Morgan fingerprint density at radius 1 is 0.724 bits per heavy atom. The van der Waals surface area contributed by atoms with Crippen molar-refractivity contribution in [3.8, 4) is 5.75 Å². The molecule has 0 N–H and O–H groups in total. The largest absolute Gasteiger partial charge is 0.488 e. The first-order valence-corrected chi connectivity index (χ1v) is 10.5. The van der Waals surface area contributed by atoms with E-state index in [9.17, 15) is 0 Å². The van der Waals surface area contributed by atoms with Crippen LogP contribution >= 0.6 is 0 Å². The summed E-state index contributed by atoms with van der Waals surface area (Å²) in [4.78, 5) is 0. The Balaban J connectivity index is 1.74. The highest BCUT2D eigenvalue weighted by Crippen LogP contribution is 2.39. The third-order valence-electron chi connectivity index (χ3n) is 5.71. The molecule has 5 aromatic rings. The monoisotopic (exact) mass is 379 g/mol. The average Bonchev–Trinajstić information content (AvgIpc) is 3.10. The van der Waals surface area contributed by atoms with Gasteiger partial charge in [-0.05, 0) is 23.4 Å². The van der Waals surface area contributed by atoms with Crippen LogP contribution in [0.3, 0.4) is 0 Å². The highest BCUT2D eigenvalue weighted by atomic mass is 16.5. The van der Waals surface area contributed by atoms with Crippen molar-refractivity contribution in [2.24, 2.45) is 0 Å². The van der Waals surface area contributed by atoms with E-state index in [2.05, 4.69) is 90.4 Å². The van der Waals surface area contributed by atoms with E-state index in [1.807, 2.05) is 6.07 Å². The van der Waals surface area contributed by atoms with Crippen LogP contribution in [0, 0.1) is 0 Å². The van der Waals surface area contributed by atoms with Crippen LogP contribution in [0.15, 0.2) is 84.9 Å². The summed E-state index contributed by atoms with van der Waals surface area (Å²) in [6.07, 6.45) is 2.35. The number of rotatable bonds is 6. The van der Waals surface area contributed by atoms with E-state index in [1.165, 1.54) is 51.0 Å². The van der Waals surface area contributed by atoms with Crippen molar-refractivity contribution < 1.29 is 4.74 Å². The highest BCUT2D eigenvalue weighted by Gasteiger charge is 2.16. The molecule has 2 nitrogen and oxygen atoms in total. The molecule has 0 saturated carbocycles. The second-order valence-electron chi connectivity index (χ2n) is 7.61. The smallest absolute Gasteiger partial charge is 0.129 e. The lowest BCUT2D eigenvalue weighted by Gasteiger charge is -2.13. The summed E-state index contributed by atoms with van der Waals surface area (Å²) in [6, 6.07) is 30.0. The van der Waals surface area contributed by atoms with Crippen molar-refractivity contribution >= 4 is 32.6 Å². The first-order chi connectivity index (χ1) is 14.4. The van der Waals surface area contributed by atoms with Gasteiger partial charge in [0.05, 0.1) is 5.52 Å². The molecule has 1 heterocycles. The molecule has 0 unspecified atom stereocenters. The summed E-state index contributed by atoms with van der Waals surface area (Å²) in [5.41, 5.74) is 3.76. The van der Waals surface area contributed by atoms with Crippen molar-refractivity contribution in [2.45, 2.75) is 32.9 Å². The molecule has 5 rings (SSSR count). The summed E-state index contributed by atoms with van der Waals surface area (Å²) >= 11 is 0. The number of nitrogens with zero attached hydrogens (tertiary/aromatic N) is 1. The van der Waals surface area contributed by atoms with Gasteiger partial charge in [0.25, 0.3) is 0 Å². The minimum absolute atomic E-state index is 0.575. The fraction of sp³-hybridized carbons (Fsp3) is 0.185. The standard InChI is InChI=1S/C27H25NO/c1-2-3-17-28-24-16-10-9-15-23(24)27-22-14-8-7-13-21(22)26(18-25(27)28)29-19-20-11-5-4-6-12-20/h4-16,18H,2-3,17,19H2,1H3. The predicted octanol–water partition coefficient (Wildman–Crippen LogP) is 7.33. The Kier molecular flexibility index (Phi) is 4.69. The summed E-state index contributed by atoms with van der Waals surface area (Å²) < 4.78 is 8.82. The maximum atomic E-state index is 6.36. The molecular weight excluding hydrogens is 354 g/mol. The second-order valence-corrected chi connectivity index (χ2v) is 7.61. The van der Waals surface area contributed by atoms with Crippen LogP contribution in [0.4, 0.5) is 0 Å². The van der Waals surface area contributed by atoms with Crippen LogP contribution in [0.1, 0.15) is 25.3 Å². The minimum Gasteiger partial charge on any atom is -0.488 e. The van der Waals surface area contributed by atoms with Crippen molar-refractivity contribution in [1.29, 1.82) is 0 Å². The maximum absolute atomic E-state index is 6.36. The molecule has 1 aromatic heterocycles. The zero-order chi connectivity index (χ0) is 19.6. The fourth-order valence-corrected chi connectivity index (χ4v) is 4.29. The van der Waals surface area contributed by atoms with Gasteiger partial charge in [0.2, 0.25) is 0 Å². The molecule has 0 spiro atoms. The molecule has 0 bridgehead atoms. The molecular formula is C27H25NO. The number of aromatic nitrogens is 1. The number of aryl methyl sites for hydroxylation is 1. The van der Waals surface area contributed by atoms with Gasteiger partial charge in [-0.1, -0.05) is 86.1 Å². The number of fused-ring (bicyclic) bond motifs is 5. The topological polar surface area (TPSA) is 14.2 Å². The lowest BCUT2D eigenvalue weighted by atomic mass is 10.0. The summed E-state index contributed by atoms with van der Waals surface area (Å²) in [6.45, 7) is 3.85. The lowest BCUT2D eigenvalue weighted by Crippen LogP contribution is -1.99. The van der Waals surface area contributed by atoms with Gasteiger partial charge in [0.15, 0.2) is 0 Å². The predicted molar refractivity (Wildman–Crippen MR) is 123 cm³/mol. The zero-order valence-corrected chi connectivity index (χ0v) is 16.8. The van der Waals surface area contributed by atoms with Gasteiger partial charge < -0.3 is 9.30 Å². The molecule has 0 saturated heterocycles. The average molecular weight is 380 g/mol. The fourth-order valence-electron chi connectivity index (χ4n) is 4.29. The van der Waals surface area contributed by atoms with Gasteiger partial charge in [-0.15, -0.1) is 0 Å². The third kappa shape index (κ3) is 3.15. The summed E-state index contributed by atoms with van der Waals surface area (Å²) in [5, 5.41) is 5.10. The van der Waals surface area contributed by atoms with Crippen molar-refractivity contribution in [3.05, 3.63) is 90.5 Å². The van der Waals surface area contributed by atoms with Crippen molar-refractivity contribution in [2.75, 3.05) is 0 Å². The number of unbranched alkanes of at least 4 members (excludes halogenated alkanes) is 1. The third-order valence-corrected chi connectivity index (χ3v) is 5.71. The molecule has 0 radical (unpaired) electrons. The summed E-state index contributed by atoms with van der Waals surface area (Å²) in [5.74, 6) is 0.956. The number of benzene rings is 4. The normalized spacial score (nSPS) is 11.5. The Morgan fingerprint density at radius 3 is 2.21 bits per heavy atom. The van der Waals surface area contributed by atoms with Gasteiger partial charge in [0.1, 0.15) is 12.4 Å². The number of ether oxygens (including phenoxy) is 1. The molecule has 0 fully saturated rings. The molecule has 2 heteroatoms. The lowest BCUT2D eigenvalue weighted by molar-refractivity contribution is 0.310. The number of hydrogen-bond donors (Lipinski definition) is 0. The highest BCUT2D eigenvalue weighted by molar-refractivity contribution is 6.22. The van der Waals surface area contributed by atoms with E-state index in [1.54, 1.807) is 0 Å².